The summed E-state index contributed by atoms with van der Waals surface area (Å²) in [6.45, 7) is 9.37. The van der Waals surface area contributed by atoms with Crippen molar-refractivity contribution in [3.63, 3.8) is 0 Å². The van der Waals surface area contributed by atoms with Crippen LogP contribution in [-0.2, 0) is 4.74 Å². The van der Waals surface area contributed by atoms with Crippen molar-refractivity contribution < 1.29 is 4.74 Å². The van der Waals surface area contributed by atoms with E-state index in [1.165, 1.54) is 58.2 Å². The second-order valence-electron chi connectivity index (χ2n) is 7.45. The molecule has 2 saturated carbocycles. The highest BCUT2D eigenvalue weighted by molar-refractivity contribution is 4.97. The van der Waals surface area contributed by atoms with Crippen LogP contribution < -0.4 is 0 Å². The Labute approximate surface area is 112 Å². The first-order valence-electron chi connectivity index (χ1n) is 7.99. The van der Waals surface area contributed by atoms with Gasteiger partial charge in [-0.05, 0) is 57.8 Å². The van der Waals surface area contributed by atoms with Crippen molar-refractivity contribution in [2.75, 3.05) is 26.2 Å². The minimum atomic E-state index is 0.392. The van der Waals surface area contributed by atoms with Gasteiger partial charge in [0.05, 0.1) is 12.7 Å². The van der Waals surface area contributed by atoms with Crippen molar-refractivity contribution in [3.8, 4) is 0 Å². The Hall–Kier alpha value is -0.0800. The lowest BCUT2D eigenvalue weighted by Crippen LogP contribution is -2.45. The number of hydrogen-bond acceptors (Lipinski definition) is 2. The fourth-order valence-electron chi connectivity index (χ4n) is 4.01. The fourth-order valence-corrected chi connectivity index (χ4v) is 4.01. The molecule has 2 heteroatoms. The van der Waals surface area contributed by atoms with Crippen LogP contribution in [0.3, 0.4) is 0 Å². The summed E-state index contributed by atoms with van der Waals surface area (Å²) >= 11 is 0. The van der Waals surface area contributed by atoms with E-state index in [1.807, 2.05) is 0 Å². The SMILES string of the molecule is CC(C)OCC1(CN2CC3CCCC(C3)C2)CC1. The zero-order chi connectivity index (χ0) is 12.6. The first kappa shape index (κ1) is 12.9. The third-order valence-corrected chi connectivity index (χ3v) is 5.16. The van der Waals surface area contributed by atoms with E-state index in [0.29, 0.717) is 11.5 Å². The monoisotopic (exact) mass is 251 g/mol. The minimum absolute atomic E-state index is 0.392. The third-order valence-electron chi connectivity index (χ3n) is 5.16. The van der Waals surface area contributed by atoms with Crippen molar-refractivity contribution >= 4 is 0 Å². The van der Waals surface area contributed by atoms with E-state index in [2.05, 4.69) is 18.7 Å². The number of ether oxygens (including phenoxy) is 1. The predicted octanol–water partition coefficient (Wildman–Crippen LogP) is 3.31. The van der Waals surface area contributed by atoms with Gasteiger partial charge in [0, 0.05) is 25.0 Å². The van der Waals surface area contributed by atoms with Crippen molar-refractivity contribution in [1.29, 1.82) is 0 Å². The van der Waals surface area contributed by atoms with Crippen LogP contribution in [0.25, 0.3) is 0 Å². The number of hydrogen-bond donors (Lipinski definition) is 0. The fraction of sp³-hybridized carbons (Fsp3) is 1.00. The lowest BCUT2D eigenvalue weighted by Gasteiger charge is -2.42. The minimum Gasteiger partial charge on any atom is -0.378 e. The molecule has 2 atom stereocenters. The first-order valence-corrected chi connectivity index (χ1v) is 7.99. The molecule has 1 aliphatic heterocycles. The van der Waals surface area contributed by atoms with Gasteiger partial charge in [0.25, 0.3) is 0 Å². The maximum Gasteiger partial charge on any atom is 0.0538 e. The van der Waals surface area contributed by atoms with Crippen LogP contribution in [0.1, 0.15) is 52.4 Å². The number of fused-ring (bicyclic) bond motifs is 2. The summed E-state index contributed by atoms with van der Waals surface area (Å²) in [7, 11) is 0. The van der Waals surface area contributed by atoms with Crippen LogP contribution in [0.5, 0.6) is 0 Å². The zero-order valence-corrected chi connectivity index (χ0v) is 12.2. The van der Waals surface area contributed by atoms with Gasteiger partial charge in [-0.15, -0.1) is 0 Å². The molecule has 3 aliphatic rings. The average Bonchev–Trinajstić information content (AvgIpc) is 3.06. The first-order chi connectivity index (χ1) is 8.65. The Balaban J connectivity index is 1.50. The van der Waals surface area contributed by atoms with Gasteiger partial charge in [-0.3, -0.25) is 0 Å². The summed E-state index contributed by atoms with van der Waals surface area (Å²) in [5, 5.41) is 0. The van der Waals surface area contributed by atoms with Gasteiger partial charge in [0.15, 0.2) is 0 Å². The molecule has 1 heterocycles. The molecule has 2 bridgehead atoms. The Bertz CT molecular complexity index is 273. The van der Waals surface area contributed by atoms with E-state index < -0.39 is 0 Å². The van der Waals surface area contributed by atoms with Crippen molar-refractivity contribution in [1.82, 2.24) is 4.90 Å². The number of rotatable bonds is 5. The molecule has 104 valence electrons. The van der Waals surface area contributed by atoms with Crippen molar-refractivity contribution in [2.45, 2.75) is 58.5 Å². The van der Waals surface area contributed by atoms with E-state index >= 15 is 0 Å². The Morgan fingerprint density at radius 2 is 1.83 bits per heavy atom. The summed E-state index contributed by atoms with van der Waals surface area (Å²) in [5.41, 5.74) is 0.538. The highest BCUT2D eigenvalue weighted by Gasteiger charge is 2.45. The second kappa shape index (κ2) is 5.13. The Kier molecular flexibility index (Phi) is 3.68. The van der Waals surface area contributed by atoms with E-state index in [0.717, 1.165) is 18.4 Å². The molecule has 0 aromatic carbocycles. The van der Waals surface area contributed by atoms with Crippen molar-refractivity contribution in [2.24, 2.45) is 17.3 Å². The maximum atomic E-state index is 5.88. The summed E-state index contributed by atoms with van der Waals surface area (Å²) < 4.78 is 5.88. The van der Waals surface area contributed by atoms with E-state index in [4.69, 9.17) is 4.74 Å². The van der Waals surface area contributed by atoms with E-state index in [-0.39, 0.29) is 0 Å². The molecule has 3 rings (SSSR count). The predicted molar refractivity (Wildman–Crippen MR) is 74.6 cm³/mol. The van der Waals surface area contributed by atoms with Crippen LogP contribution in [0.4, 0.5) is 0 Å². The molecule has 0 N–H and O–H groups in total. The lowest BCUT2D eigenvalue weighted by atomic mass is 9.77. The van der Waals surface area contributed by atoms with Gasteiger partial charge < -0.3 is 9.64 Å². The molecule has 2 nitrogen and oxygen atoms in total. The largest absolute Gasteiger partial charge is 0.378 e. The molecule has 0 spiro atoms. The van der Waals surface area contributed by atoms with Crippen LogP contribution in [0.2, 0.25) is 0 Å². The van der Waals surface area contributed by atoms with Gasteiger partial charge in [-0.25, -0.2) is 0 Å². The van der Waals surface area contributed by atoms with Gasteiger partial charge in [0.1, 0.15) is 0 Å². The van der Waals surface area contributed by atoms with E-state index in [1.54, 1.807) is 0 Å². The Morgan fingerprint density at radius 1 is 1.17 bits per heavy atom. The molecular formula is C16H29NO. The molecular weight excluding hydrogens is 222 g/mol. The second-order valence-corrected chi connectivity index (χ2v) is 7.45. The molecule has 3 fully saturated rings. The number of nitrogens with zero attached hydrogens (tertiary/aromatic N) is 1. The molecule has 1 saturated heterocycles. The van der Waals surface area contributed by atoms with Crippen LogP contribution in [0.15, 0.2) is 0 Å². The van der Waals surface area contributed by atoms with Gasteiger partial charge in [-0.1, -0.05) is 6.42 Å². The molecule has 18 heavy (non-hydrogen) atoms. The van der Waals surface area contributed by atoms with Gasteiger partial charge in [-0.2, -0.15) is 0 Å². The van der Waals surface area contributed by atoms with Gasteiger partial charge >= 0.3 is 0 Å². The summed E-state index contributed by atoms with van der Waals surface area (Å²) in [5.74, 6) is 2.03. The zero-order valence-electron chi connectivity index (χ0n) is 12.2. The standard InChI is InChI=1S/C16H29NO/c1-13(2)18-12-16(6-7-16)11-17-9-14-4-3-5-15(8-14)10-17/h13-15H,3-12H2,1-2H3. The Morgan fingerprint density at radius 3 is 2.39 bits per heavy atom. The molecule has 0 radical (unpaired) electrons. The summed E-state index contributed by atoms with van der Waals surface area (Å²) in [6, 6.07) is 0. The summed E-state index contributed by atoms with van der Waals surface area (Å²) in [4.78, 5) is 2.77. The third kappa shape index (κ3) is 3.08. The molecule has 0 aromatic heterocycles. The summed E-state index contributed by atoms with van der Waals surface area (Å²) in [6.07, 6.45) is 9.17. The molecule has 0 amide bonds. The maximum absolute atomic E-state index is 5.88. The molecule has 0 aromatic rings. The topological polar surface area (TPSA) is 12.5 Å². The van der Waals surface area contributed by atoms with Crippen LogP contribution >= 0.6 is 0 Å². The molecule has 2 unspecified atom stereocenters. The van der Waals surface area contributed by atoms with Crippen LogP contribution in [-0.4, -0.2) is 37.2 Å². The van der Waals surface area contributed by atoms with E-state index in [9.17, 15) is 0 Å². The quantitative estimate of drug-likeness (QED) is 0.743. The van der Waals surface area contributed by atoms with Crippen LogP contribution in [0, 0.1) is 17.3 Å². The number of likely N-dealkylation sites (tertiary alicyclic amines) is 1. The highest BCUT2D eigenvalue weighted by atomic mass is 16.5. The van der Waals surface area contributed by atoms with Crippen molar-refractivity contribution in [3.05, 3.63) is 0 Å². The highest BCUT2D eigenvalue weighted by Crippen LogP contribution is 2.48. The lowest BCUT2D eigenvalue weighted by molar-refractivity contribution is 0.0131. The molecule has 2 aliphatic carbocycles. The number of piperidine rings is 1. The normalized spacial score (nSPS) is 34.8. The smallest absolute Gasteiger partial charge is 0.0538 e. The average molecular weight is 251 g/mol. The van der Waals surface area contributed by atoms with Gasteiger partial charge in [0.2, 0.25) is 0 Å².